The fraction of sp³-hybridized carbons (Fsp3) is 0.474. The van der Waals surface area contributed by atoms with Crippen molar-refractivity contribution in [3.8, 4) is 0 Å². The number of fused-ring (bicyclic) bond motifs is 2. The molecule has 1 amide bonds. The Bertz CT molecular complexity index is 738. The van der Waals surface area contributed by atoms with Gasteiger partial charge >= 0.3 is 0 Å². The van der Waals surface area contributed by atoms with E-state index in [9.17, 15) is 4.79 Å². The summed E-state index contributed by atoms with van der Waals surface area (Å²) in [6.45, 7) is 3.31. The normalized spacial score (nSPS) is 18.7. The van der Waals surface area contributed by atoms with Crippen molar-refractivity contribution in [1.82, 2.24) is 15.6 Å². The van der Waals surface area contributed by atoms with Gasteiger partial charge in [0, 0.05) is 29.7 Å². The lowest BCUT2D eigenvalue weighted by molar-refractivity contribution is -0.0771. The summed E-state index contributed by atoms with van der Waals surface area (Å²) in [5.74, 6) is 0.0133. The van der Waals surface area contributed by atoms with Crippen LogP contribution in [0.15, 0.2) is 30.5 Å². The number of nitrogens with one attached hydrogen (secondary N) is 2. The topological polar surface area (TPSA) is 63.2 Å². The van der Waals surface area contributed by atoms with E-state index in [4.69, 9.17) is 4.74 Å². The zero-order valence-corrected chi connectivity index (χ0v) is 15.0. The van der Waals surface area contributed by atoms with Gasteiger partial charge in [0.2, 0.25) is 0 Å². The van der Waals surface area contributed by atoms with E-state index in [1.165, 1.54) is 10.4 Å². The second-order valence-electron chi connectivity index (χ2n) is 6.63. The molecule has 0 aromatic carbocycles. The molecule has 2 aromatic heterocycles. The fourth-order valence-corrected chi connectivity index (χ4v) is 5.00. The van der Waals surface area contributed by atoms with Crippen LogP contribution in [-0.4, -0.2) is 37.1 Å². The van der Waals surface area contributed by atoms with Crippen LogP contribution in [-0.2, 0) is 23.2 Å². The summed E-state index contributed by atoms with van der Waals surface area (Å²) < 4.78 is 6.20. The zero-order valence-electron chi connectivity index (χ0n) is 14.2. The van der Waals surface area contributed by atoms with Gasteiger partial charge in [0.25, 0.3) is 5.91 Å². The first kappa shape index (κ1) is 16.7. The summed E-state index contributed by atoms with van der Waals surface area (Å²) in [5, 5.41) is 6.43. The lowest BCUT2D eigenvalue weighted by atomic mass is 9.86. The molecule has 5 nitrogen and oxygen atoms in total. The molecule has 0 unspecified atom stereocenters. The van der Waals surface area contributed by atoms with Crippen molar-refractivity contribution >= 4 is 17.2 Å². The van der Waals surface area contributed by atoms with Crippen LogP contribution in [0.4, 0.5) is 0 Å². The van der Waals surface area contributed by atoms with Gasteiger partial charge in [-0.2, -0.15) is 0 Å². The number of amides is 1. The van der Waals surface area contributed by atoms with E-state index in [-0.39, 0.29) is 11.5 Å². The van der Waals surface area contributed by atoms with Gasteiger partial charge in [0.15, 0.2) is 0 Å². The molecule has 132 valence electrons. The standard InChI is InChI=1S/C19H23N3O2S/c23-18(22-9-4-15-3-1-2-8-21-15)16-13-14-5-12-24-19(17(14)25-16)6-10-20-11-7-19/h1-3,8,13,20H,4-7,9-12H2,(H,22,23). The van der Waals surface area contributed by atoms with Gasteiger partial charge in [-0.1, -0.05) is 6.07 Å². The molecule has 0 bridgehead atoms. The molecule has 2 aromatic rings. The van der Waals surface area contributed by atoms with Crippen LogP contribution in [0.1, 0.15) is 38.6 Å². The van der Waals surface area contributed by atoms with Gasteiger partial charge in [-0.25, -0.2) is 0 Å². The van der Waals surface area contributed by atoms with Gasteiger partial charge < -0.3 is 15.4 Å². The maximum atomic E-state index is 12.5. The monoisotopic (exact) mass is 357 g/mol. The van der Waals surface area contributed by atoms with Crippen LogP contribution in [0.2, 0.25) is 0 Å². The van der Waals surface area contributed by atoms with E-state index < -0.39 is 0 Å². The van der Waals surface area contributed by atoms with Gasteiger partial charge in [0.1, 0.15) is 5.60 Å². The minimum Gasteiger partial charge on any atom is -0.369 e. The first-order valence-electron chi connectivity index (χ1n) is 8.93. The third-order valence-electron chi connectivity index (χ3n) is 5.00. The van der Waals surface area contributed by atoms with Gasteiger partial charge in [0.05, 0.1) is 11.5 Å². The summed E-state index contributed by atoms with van der Waals surface area (Å²) in [4.78, 5) is 18.9. The van der Waals surface area contributed by atoms with Gasteiger partial charge in [-0.15, -0.1) is 11.3 Å². The number of thiophene rings is 1. The van der Waals surface area contributed by atoms with E-state index in [1.807, 2.05) is 18.2 Å². The molecule has 0 radical (unpaired) electrons. The summed E-state index contributed by atoms with van der Waals surface area (Å²) in [6.07, 6.45) is 5.41. The molecule has 1 fully saturated rings. The molecule has 2 aliphatic heterocycles. The van der Waals surface area contributed by atoms with Crippen LogP contribution < -0.4 is 10.6 Å². The Balaban J connectivity index is 1.44. The Kier molecular flexibility index (Phi) is 4.83. The van der Waals surface area contributed by atoms with Crippen LogP contribution >= 0.6 is 11.3 Å². The third kappa shape index (κ3) is 3.47. The fourth-order valence-electron chi connectivity index (χ4n) is 3.67. The number of pyridine rings is 1. The Morgan fingerprint density at radius 2 is 2.24 bits per heavy atom. The van der Waals surface area contributed by atoms with E-state index >= 15 is 0 Å². The number of rotatable bonds is 4. The number of hydrogen-bond donors (Lipinski definition) is 2. The summed E-state index contributed by atoms with van der Waals surface area (Å²) in [6, 6.07) is 7.92. The predicted molar refractivity (Wildman–Crippen MR) is 98.0 cm³/mol. The highest BCUT2D eigenvalue weighted by Gasteiger charge is 2.41. The molecule has 6 heteroatoms. The van der Waals surface area contributed by atoms with Crippen molar-refractivity contribution in [2.24, 2.45) is 0 Å². The van der Waals surface area contributed by atoms with Crippen LogP contribution in [0.25, 0.3) is 0 Å². The molecule has 4 heterocycles. The van der Waals surface area contributed by atoms with Crippen molar-refractivity contribution in [2.75, 3.05) is 26.2 Å². The summed E-state index contributed by atoms with van der Waals surface area (Å²) >= 11 is 1.61. The first-order valence-corrected chi connectivity index (χ1v) is 9.74. The quantitative estimate of drug-likeness (QED) is 0.881. The molecule has 2 aliphatic rings. The Morgan fingerprint density at radius 3 is 3.04 bits per heavy atom. The third-order valence-corrected chi connectivity index (χ3v) is 6.36. The number of piperidine rings is 1. The number of carbonyl (C=O) groups is 1. The van der Waals surface area contributed by atoms with E-state index in [0.717, 1.165) is 56.0 Å². The molecular formula is C19H23N3O2S. The van der Waals surface area contributed by atoms with Crippen LogP contribution in [0.5, 0.6) is 0 Å². The number of ether oxygens (including phenoxy) is 1. The van der Waals surface area contributed by atoms with E-state index in [0.29, 0.717) is 6.54 Å². The predicted octanol–water partition coefficient (Wildman–Crippen LogP) is 2.27. The van der Waals surface area contributed by atoms with E-state index in [2.05, 4.69) is 21.7 Å². The Labute approximate surface area is 151 Å². The first-order chi connectivity index (χ1) is 12.3. The molecule has 0 aliphatic carbocycles. The molecule has 2 N–H and O–H groups in total. The minimum atomic E-state index is -0.171. The summed E-state index contributed by atoms with van der Waals surface area (Å²) in [5.41, 5.74) is 2.12. The molecule has 1 spiro atoms. The van der Waals surface area contributed by atoms with Crippen molar-refractivity contribution in [2.45, 2.75) is 31.3 Å². The molecule has 0 saturated carbocycles. The molecular weight excluding hydrogens is 334 g/mol. The van der Waals surface area contributed by atoms with Gasteiger partial charge in [-0.3, -0.25) is 9.78 Å². The Morgan fingerprint density at radius 1 is 1.36 bits per heavy atom. The van der Waals surface area contributed by atoms with Crippen molar-refractivity contribution < 1.29 is 9.53 Å². The highest BCUT2D eigenvalue weighted by Crippen LogP contribution is 2.44. The summed E-state index contributed by atoms with van der Waals surface area (Å²) in [7, 11) is 0. The molecule has 25 heavy (non-hydrogen) atoms. The molecule has 1 saturated heterocycles. The lowest BCUT2D eigenvalue weighted by Gasteiger charge is -2.40. The van der Waals surface area contributed by atoms with Crippen molar-refractivity contribution in [3.05, 3.63) is 51.5 Å². The highest BCUT2D eigenvalue weighted by molar-refractivity contribution is 7.14. The zero-order chi connectivity index (χ0) is 17.1. The van der Waals surface area contributed by atoms with E-state index in [1.54, 1.807) is 17.5 Å². The smallest absolute Gasteiger partial charge is 0.261 e. The number of hydrogen-bond acceptors (Lipinski definition) is 5. The Hall–Kier alpha value is -1.76. The van der Waals surface area contributed by atoms with Crippen molar-refractivity contribution in [3.63, 3.8) is 0 Å². The highest BCUT2D eigenvalue weighted by atomic mass is 32.1. The van der Waals surface area contributed by atoms with Crippen LogP contribution in [0, 0.1) is 0 Å². The lowest BCUT2D eigenvalue weighted by Crippen LogP contribution is -2.43. The van der Waals surface area contributed by atoms with Crippen molar-refractivity contribution in [1.29, 1.82) is 0 Å². The maximum Gasteiger partial charge on any atom is 0.261 e. The maximum absolute atomic E-state index is 12.5. The SMILES string of the molecule is O=C(NCCc1ccccn1)c1cc2c(s1)C1(CCNCC1)OCC2. The molecule has 0 atom stereocenters. The number of aromatic nitrogens is 1. The minimum absolute atomic E-state index is 0.0133. The number of nitrogens with zero attached hydrogens (tertiary/aromatic N) is 1. The average Bonchev–Trinajstić information content (AvgIpc) is 3.10. The second kappa shape index (κ2) is 7.23. The van der Waals surface area contributed by atoms with Crippen LogP contribution in [0.3, 0.4) is 0 Å². The second-order valence-corrected chi connectivity index (χ2v) is 7.69. The largest absolute Gasteiger partial charge is 0.369 e. The molecule has 4 rings (SSSR count). The average molecular weight is 357 g/mol. The number of carbonyl (C=O) groups excluding carboxylic acids is 1. The van der Waals surface area contributed by atoms with Gasteiger partial charge in [-0.05, 0) is 56.1 Å².